The summed E-state index contributed by atoms with van der Waals surface area (Å²) in [6.07, 6.45) is 20.9. The zero-order chi connectivity index (χ0) is 54.5. The van der Waals surface area contributed by atoms with Gasteiger partial charge < -0.3 is 9.47 Å². The fourth-order valence-electron chi connectivity index (χ4n) is 11.0. The van der Waals surface area contributed by atoms with Crippen LogP contribution in [0, 0.1) is 35.1 Å². The number of halogens is 4. The predicted molar refractivity (Wildman–Crippen MR) is 294 cm³/mol. The van der Waals surface area contributed by atoms with Crippen LogP contribution in [0.2, 0.25) is 0 Å². The quantitative estimate of drug-likeness (QED) is 0.0439. The number of ether oxygens (including phenoxy) is 2. The van der Waals surface area contributed by atoms with Gasteiger partial charge in [0.2, 0.25) is 0 Å². The van der Waals surface area contributed by atoms with E-state index in [0.29, 0.717) is 43.6 Å². The summed E-state index contributed by atoms with van der Waals surface area (Å²) in [5.41, 5.74) is 2.43. The maximum absolute atomic E-state index is 18.3. The Bertz CT molecular complexity index is 2560. The second kappa shape index (κ2) is 26.9. The van der Waals surface area contributed by atoms with Gasteiger partial charge in [-0.2, -0.15) is 0 Å². The van der Waals surface area contributed by atoms with Crippen molar-refractivity contribution in [2.24, 2.45) is 11.8 Å². The molecule has 0 saturated carbocycles. The minimum absolute atomic E-state index is 0.0409. The van der Waals surface area contributed by atoms with E-state index in [1.165, 1.54) is 24.3 Å². The van der Waals surface area contributed by atoms with Crippen molar-refractivity contribution < 1.29 is 53.2 Å². The Balaban J connectivity index is 1.34. The molecule has 4 aromatic carbocycles. The van der Waals surface area contributed by atoms with Gasteiger partial charge in [0.05, 0.1) is 11.2 Å². The van der Waals surface area contributed by atoms with Gasteiger partial charge in [-0.05, 0) is 40.5 Å². The number of allylic oxidation sites excluding steroid dienone is 8. The van der Waals surface area contributed by atoms with Crippen LogP contribution in [0.4, 0.5) is 17.6 Å². The average molecular weight is 1070 g/mol. The Hall–Kier alpha value is -4.87. The van der Waals surface area contributed by atoms with Crippen LogP contribution >= 0.6 is 0 Å². The Labute approximate surface area is 449 Å². The average Bonchev–Trinajstić information content (AvgIpc) is 4.15. The summed E-state index contributed by atoms with van der Waals surface area (Å²) in [5.74, 6) is -3.60. The first-order chi connectivity index (χ1) is 35.8. The number of hydrogen-bond acceptors (Lipinski definition) is 4. The third kappa shape index (κ3) is 14.4. The van der Waals surface area contributed by atoms with E-state index in [1.807, 2.05) is 50.3 Å². The van der Waals surface area contributed by atoms with Crippen molar-refractivity contribution in [3.63, 3.8) is 0 Å². The number of carbonyl (C=O) groups is 2. The van der Waals surface area contributed by atoms with Gasteiger partial charge in [0.1, 0.15) is 0 Å². The molecule has 0 bridgehead atoms. The molecule has 11 heteroatoms. The van der Waals surface area contributed by atoms with Crippen molar-refractivity contribution in [1.82, 2.24) is 10.6 Å². The summed E-state index contributed by atoms with van der Waals surface area (Å²) in [6, 6.07) is 18.1. The molecule has 6 rings (SSSR count). The van der Waals surface area contributed by atoms with E-state index in [9.17, 15) is 9.59 Å². The number of amides is 2. The third-order valence-electron chi connectivity index (χ3n) is 16.1. The molecule has 404 valence electrons. The van der Waals surface area contributed by atoms with Gasteiger partial charge in [-0.3, -0.25) is 0 Å². The van der Waals surface area contributed by atoms with Gasteiger partial charge in [0.25, 0.3) is 0 Å². The fourth-order valence-corrected chi connectivity index (χ4v) is 19.3. The van der Waals surface area contributed by atoms with Crippen molar-refractivity contribution >= 4 is 19.6 Å². The third-order valence-corrected chi connectivity index (χ3v) is 24.0. The summed E-state index contributed by atoms with van der Waals surface area (Å²) in [4.78, 5) is 28.7. The number of aryl methyl sites for hydroxylation is 2. The summed E-state index contributed by atoms with van der Waals surface area (Å²) in [6.45, 7) is 16.4. The van der Waals surface area contributed by atoms with E-state index < -0.39 is 51.9 Å². The van der Waals surface area contributed by atoms with Gasteiger partial charge in [-0.25, -0.2) is 0 Å². The molecular weight excluding hydrogens is 985 g/mol. The number of methoxy groups -OCH3 is 2. The van der Waals surface area contributed by atoms with Crippen molar-refractivity contribution in [3.8, 4) is 0 Å². The van der Waals surface area contributed by atoms with Crippen LogP contribution in [0.5, 0.6) is 0 Å². The van der Waals surface area contributed by atoms with E-state index in [-0.39, 0.29) is 67.6 Å². The summed E-state index contributed by atoms with van der Waals surface area (Å²) < 4.78 is 82.8. The van der Waals surface area contributed by atoms with Crippen LogP contribution in [-0.2, 0) is 38.9 Å². The zero-order valence-electron chi connectivity index (χ0n) is 46.2. The van der Waals surface area contributed by atoms with Crippen molar-refractivity contribution in [3.05, 3.63) is 174 Å². The van der Waals surface area contributed by atoms with E-state index >= 15 is 17.6 Å². The van der Waals surface area contributed by atoms with Crippen molar-refractivity contribution in [2.45, 2.75) is 169 Å². The molecule has 0 spiro atoms. The molecule has 0 aliphatic heterocycles. The molecule has 4 unspecified atom stereocenters. The molecule has 2 aliphatic carbocycles. The van der Waals surface area contributed by atoms with Gasteiger partial charge in [-0.15, -0.1) is 0 Å². The fraction of sp³-hybridized carbons (Fsp3) is 0.469. The van der Waals surface area contributed by atoms with E-state index in [4.69, 9.17) is 9.47 Å². The molecule has 0 fully saturated rings. The zero-order valence-corrected chi connectivity index (χ0v) is 47.8. The molecule has 2 aliphatic rings. The standard InChI is InChI=1S/2C27H36F2NO2.2C5H5.Ti/c2*1-6-25(23-16-15-21(28)18-24(23)29)30-26(31)22-12-8-7-11-20(22)14-13-19(2)10-9-17-27(3,4)32-5;2*1-2-4-5-3-1;/h2*7-8,11-12,15-16,19,25H,6,9-10,13-14,17H2,1-5H3,(H,30,31);2*1-3H,4H2;. The molecule has 75 heavy (non-hydrogen) atoms. The number of carbonyl (C=O) groups excluding carboxylic acids is 2. The van der Waals surface area contributed by atoms with Crippen LogP contribution in [0.3, 0.4) is 0 Å². The first-order valence-electron chi connectivity index (χ1n) is 27.4. The number of hydrogen-bond donors (Lipinski definition) is 2. The molecule has 2 amide bonds. The molecule has 0 radical (unpaired) electrons. The number of nitrogens with one attached hydrogen (secondary N) is 2. The predicted octanol–water partition coefficient (Wildman–Crippen LogP) is 15.1. The van der Waals surface area contributed by atoms with Crippen molar-refractivity contribution in [1.29, 1.82) is 0 Å². The summed E-state index contributed by atoms with van der Waals surface area (Å²) >= 11 is -5.33. The van der Waals surface area contributed by atoms with Crippen LogP contribution in [0.1, 0.15) is 187 Å². The first kappa shape index (κ1) is 59.4. The van der Waals surface area contributed by atoms with Gasteiger partial charge >= 0.3 is 363 Å². The second-order valence-electron chi connectivity index (χ2n) is 22.2. The Morgan fingerprint density at radius 1 is 0.587 bits per heavy atom. The monoisotopic (exact) mass is 1070 g/mol. The maximum atomic E-state index is 18.3. The number of benzene rings is 4. The Morgan fingerprint density at radius 2 is 0.973 bits per heavy atom. The van der Waals surface area contributed by atoms with Gasteiger partial charge in [0.15, 0.2) is 0 Å². The molecule has 4 atom stereocenters. The van der Waals surface area contributed by atoms with Gasteiger partial charge in [-0.1, -0.05) is 12.8 Å². The first-order valence-corrected chi connectivity index (χ1v) is 30.5. The molecule has 4 aromatic rings. The van der Waals surface area contributed by atoms with Crippen LogP contribution in [0.15, 0.2) is 117 Å². The Morgan fingerprint density at radius 3 is 1.32 bits per heavy atom. The molecular formula is C64H82F4N2O4Ti. The second-order valence-corrected chi connectivity index (χ2v) is 28.1. The molecule has 0 heterocycles. The molecule has 0 saturated heterocycles. The van der Waals surface area contributed by atoms with E-state index in [0.717, 1.165) is 62.5 Å². The van der Waals surface area contributed by atoms with Crippen LogP contribution in [-0.4, -0.2) is 37.2 Å². The van der Waals surface area contributed by atoms with E-state index in [1.54, 1.807) is 62.8 Å². The minimum atomic E-state index is -5.33. The topological polar surface area (TPSA) is 76.7 Å². The van der Waals surface area contributed by atoms with Gasteiger partial charge in [0, 0.05) is 14.2 Å². The molecule has 2 N–H and O–H groups in total. The number of rotatable bonds is 28. The normalized spacial score (nSPS) is 15.4. The SMILES string of the molecule is CCC(NC(=O)c1ccccc1CCC(C)CCCC(C)(C)OC)c1ccc(F)[c]([Ti]([C]2=CC=CC2)([C]2=CC=CC2)[c]2c(F)ccc(C(CC)NC(=O)c3ccccc3CCC(C)CCCC(C)(C)OC)c2F)c1F. The van der Waals surface area contributed by atoms with E-state index in [2.05, 4.69) is 52.2 Å². The molecule has 0 aromatic heterocycles. The van der Waals surface area contributed by atoms with Crippen LogP contribution in [0.25, 0.3) is 0 Å². The Kier molecular flexibility index (Phi) is 21.3. The van der Waals surface area contributed by atoms with Crippen LogP contribution < -0.4 is 18.4 Å². The van der Waals surface area contributed by atoms with Crippen molar-refractivity contribution in [2.75, 3.05) is 14.2 Å². The molecule has 6 nitrogen and oxygen atoms in total. The summed E-state index contributed by atoms with van der Waals surface area (Å²) in [5, 5.41) is 6.16. The summed E-state index contributed by atoms with van der Waals surface area (Å²) in [7, 11) is 3.47.